The second-order valence-corrected chi connectivity index (χ2v) is 7.31. The van der Waals surface area contributed by atoms with E-state index in [-0.39, 0.29) is 10.8 Å². The molecule has 1 aromatic rings. The maximum Gasteiger partial charge on any atom is 0.191 e. The average molecular weight is 349 g/mol. The van der Waals surface area contributed by atoms with Gasteiger partial charge in [-0.1, -0.05) is 0 Å². The largest absolute Gasteiger partial charge is 0.355 e. The Morgan fingerprint density at radius 2 is 1.87 bits per heavy atom. The van der Waals surface area contributed by atoms with Gasteiger partial charge in [-0.15, -0.1) is 0 Å². The average Bonchev–Trinajstić information content (AvgIpc) is 2.95. The Morgan fingerprint density at radius 3 is 2.39 bits per heavy atom. The van der Waals surface area contributed by atoms with Crippen LogP contribution in [0.5, 0.6) is 0 Å². The molecule has 1 aromatic carbocycles. The summed E-state index contributed by atoms with van der Waals surface area (Å²) < 4.78 is 53.6. The quantitative estimate of drug-likeness (QED) is 0.379. The molecule has 3 nitrogen and oxygen atoms in total. The summed E-state index contributed by atoms with van der Waals surface area (Å²) in [6, 6.07) is 0.194. The van der Waals surface area contributed by atoms with Crippen LogP contribution in [0.15, 0.2) is 11.1 Å². The summed E-state index contributed by atoms with van der Waals surface area (Å²) >= 11 is 1.86. The molecule has 0 saturated carbocycles. The highest BCUT2D eigenvalue weighted by molar-refractivity contribution is 8.00. The molecule has 8 heteroatoms. The number of halogens is 4. The Kier molecular flexibility index (Phi) is 5.78. The van der Waals surface area contributed by atoms with Crippen LogP contribution in [0.3, 0.4) is 0 Å². The Balaban J connectivity index is 1.99. The highest BCUT2D eigenvalue weighted by Crippen LogP contribution is 2.36. The number of thioether (sulfide) groups is 1. The van der Waals surface area contributed by atoms with Crippen molar-refractivity contribution in [2.24, 2.45) is 4.99 Å². The van der Waals surface area contributed by atoms with Gasteiger partial charge in [-0.25, -0.2) is 17.6 Å². The second-order valence-electron chi connectivity index (χ2n) is 5.63. The first-order valence-corrected chi connectivity index (χ1v) is 8.25. The molecular weight excluding hydrogens is 330 g/mol. The van der Waals surface area contributed by atoms with Crippen molar-refractivity contribution in [1.29, 1.82) is 0 Å². The smallest absolute Gasteiger partial charge is 0.191 e. The van der Waals surface area contributed by atoms with E-state index in [4.69, 9.17) is 0 Å². The van der Waals surface area contributed by atoms with Crippen molar-refractivity contribution in [3.8, 4) is 0 Å². The number of rotatable bonds is 4. The van der Waals surface area contributed by atoms with Crippen LogP contribution in [0.25, 0.3) is 0 Å². The fourth-order valence-corrected chi connectivity index (χ4v) is 3.66. The summed E-state index contributed by atoms with van der Waals surface area (Å²) in [5.74, 6) is -4.21. The Hall–Kier alpha value is -1.44. The monoisotopic (exact) mass is 349 g/mol. The van der Waals surface area contributed by atoms with Gasteiger partial charge in [0.1, 0.15) is 0 Å². The van der Waals surface area contributed by atoms with Gasteiger partial charge in [0.2, 0.25) is 0 Å². The van der Waals surface area contributed by atoms with Crippen LogP contribution >= 0.6 is 11.8 Å². The maximum atomic E-state index is 13.6. The van der Waals surface area contributed by atoms with Gasteiger partial charge in [-0.3, -0.25) is 4.99 Å². The van der Waals surface area contributed by atoms with Crippen LogP contribution in [0, 0.1) is 23.3 Å². The number of hydrogen-bond acceptors (Lipinski definition) is 2. The standard InChI is InChI=1S/C15H19F4N3S/c1-15(4-3-5-23-15)8-22-14(20-2)21-7-9-12(18)10(16)6-11(17)13(9)19/h6H,3-5,7-8H2,1-2H3,(H2,20,21,22). The predicted octanol–water partition coefficient (Wildman–Crippen LogP) is 3.19. The normalized spacial score (nSPS) is 21.6. The Morgan fingerprint density at radius 1 is 1.22 bits per heavy atom. The zero-order valence-corrected chi connectivity index (χ0v) is 13.8. The van der Waals surface area contributed by atoms with Gasteiger partial charge >= 0.3 is 0 Å². The summed E-state index contributed by atoms with van der Waals surface area (Å²) in [5.41, 5.74) is -0.688. The highest BCUT2D eigenvalue weighted by Gasteiger charge is 2.29. The molecule has 1 atom stereocenters. The van der Waals surface area contributed by atoms with Crippen molar-refractivity contribution in [3.63, 3.8) is 0 Å². The fraction of sp³-hybridized carbons (Fsp3) is 0.533. The molecule has 1 aliphatic heterocycles. The summed E-state index contributed by atoms with van der Waals surface area (Å²) in [4.78, 5) is 3.95. The van der Waals surface area contributed by atoms with Gasteiger partial charge in [0.05, 0.1) is 0 Å². The molecule has 1 unspecified atom stereocenters. The highest BCUT2D eigenvalue weighted by atomic mass is 32.2. The Labute approximate surface area is 136 Å². The minimum atomic E-state index is -1.42. The topological polar surface area (TPSA) is 36.4 Å². The summed E-state index contributed by atoms with van der Waals surface area (Å²) in [6.45, 7) is 2.36. The van der Waals surface area contributed by atoms with E-state index in [9.17, 15) is 17.6 Å². The third-order valence-electron chi connectivity index (χ3n) is 3.79. The lowest BCUT2D eigenvalue weighted by molar-refractivity contribution is 0.437. The lowest BCUT2D eigenvalue weighted by atomic mass is 10.1. The third-order valence-corrected chi connectivity index (χ3v) is 5.33. The zero-order valence-electron chi connectivity index (χ0n) is 13.0. The minimum Gasteiger partial charge on any atom is -0.355 e. The lowest BCUT2D eigenvalue weighted by Crippen LogP contribution is -2.43. The summed E-state index contributed by atoms with van der Waals surface area (Å²) in [6.07, 6.45) is 2.22. The number of hydrogen-bond donors (Lipinski definition) is 2. The van der Waals surface area contributed by atoms with Crippen molar-refractivity contribution < 1.29 is 17.6 Å². The Bertz CT molecular complexity index is 575. The van der Waals surface area contributed by atoms with Gasteiger partial charge in [0, 0.05) is 36.5 Å². The molecule has 1 fully saturated rings. The van der Waals surface area contributed by atoms with Crippen molar-refractivity contribution in [2.45, 2.75) is 31.1 Å². The molecule has 128 valence electrons. The van der Waals surface area contributed by atoms with E-state index in [0.717, 1.165) is 18.6 Å². The molecule has 1 saturated heterocycles. The third kappa shape index (κ3) is 4.31. The first kappa shape index (κ1) is 17.9. The molecule has 1 aliphatic rings. The van der Waals surface area contributed by atoms with Gasteiger partial charge < -0.3 is 10.6 Å². The molecule has 0 aliphatic carbocycles. The fourth-order valence-electron chi connectivity index (χ4n) is 2.42. The molecule has 2 rings (SSSR count). The number of aliphatic imine (C=N–C) groups is 1. The molecule has 23 heavy (non-hydrogen) atoms. The van der Waals surface area contributed by atoms with E-state index in [1.807, 2.05) is 11.8 Å². The first-order valence-electron chi connectivity index (χ1n) is 7.26. The predicted molar refractivity (Wildman–Crippen MR) is 84.6 cm³/mol. The maximum absolute atomic E-state index is 13.6. The SMILES string of the molecule is CN=C(NCc1c(F)c(F)cc(F)c1F)NCC1(C)CCCS1. The van der Waals surface area contributed by atoms with E-state index in [0.29, 0.717) is 12.5 Å². The number of benzene rings is 1. The van der Waals surface area contributed by atoms with Crippen molar-refractivity contribution in [2.75, 3.05) is 19.3 Å². The summed E-state index contributed by atoms with van der Waals surface area (Å²) in [5, 5.41) is 5.76. The number of nitrogens with one attached hydrogen (secondary N) is 2. The molecule has 0 amide bonds. The minimum absolute atomic E-state index is 0.0824. The van der Waals surface area contributed by atoms with Crippen LogP contribution in [-0.4, -0.2) is 30.1 Å². The molecule has 0 spiro atoms. The van der Waals surface area contributed by atoms with Crippen molar-refractivity contribution >= 4 is 17.7 Å². The number of guanidine groups is 1. The molecule has 2 N–H and O–H groups in total. The zero-order chi connectivity index (χ0) is 17.0. The van der Waals surface area contributed by atoms with E-state index >= 15 is 0 Å². The van der Waals surface area contributed by atoms with Crippen LogP contribution in [0.4, 0.5) is 17.6 Å². The first-order chi connectivity index (χ1) is 10.9. The lowest BCUT2D eigenvalue weighted by Gasteiger charge is -2.24. The van der Waals surface area contributed by atoms with Gasteiger partial charge in [0.25, 0.3) is 0 Å². The van der Waals surface area contributed by atoms with Gasteiger partial charge in [0.15, 0.2) is 29.2 Å². The van der Waals surface area contributed by atoms with Crippen LogP contribution < -0.4 is 10.6 Å². The van der Waals surface area contributed by atoms with Crippen molar-refractivity contribution in [3.05, 3.63) is 34.9 Å². The van der Waals surface area contributed by atoms with E-state index < -0.39 is 35.4 Å². The van der Waals surface area contributed by atoms with E-state index in [1.165, 1.54) is 7.05 Å². The summed E-state index contributed by atoms with van der Waals surface area (Å²) in [7, 11) is 1.51. The second kappa shape index (κ2) is 7.42. The van der Waals surface area contributed by atoms with Crippen LogP contribution in [-0.2, 0) is 6.54 Å². The molecule has 0 bridgehead atoms. The van der Waals surface area contributed by atoms with Gasteiger partial charge in [-0.2, -0.15) is 11.8 Å². The van der Waals surface area contributed by atoms with Gasteiger partial charge in [-0.05, 0) is 25.5 Å². The number of nitrogens with zero attached hydrogens (tertiary/aromatic N) is 1. The van der Waals surface area contributed by atoms with E-state index in [2.05, 4.69) is 22.5 Å². The van der Waals surface area contributed by atoms with Crippen molar-refractivity contribution in [1.82, 2.24) is 10.6 Å². The molecule has 0 aromatic heterocycles. The molecular formula is C15H19F4N3S. The van der Waals surface area contributed by atoms with Crippen LogP contribution in [0.1, 0.15) is 25.3 Å². The molecule has 0 radical (unpaired) electrons. The molecule has 1 heterocycles. The van der Waals surface area contributed by atoms with Crippen LogP contribution in [0.2, 0.25) is 0 Å². The van der Waals surface area contributed by atoms with E-state index in [1.54, 1.807) is 0 Å².